The van der Waals surface area contributed by atoms with Crippen LogP contribution in [0.15, 0.2) is 42.5 Å². The van der Waals surface area contributed by atoms with E-state index < -0.39 is 58.7 Å². The maximum absolute atomic E-state index is 14.4. The molecule has 0 saturated heterocycles. The van der Waals surface area contributed by atoms with Gasteiger partial charge in [-0.25, -0.2) is 13.6 Å². The second-order valence-corrected chi connectivity index (χ2v) is 10.2. The van der Waals surface area contributed by atoms with Crippen LogP contribution in [-0.2, 0) is 17.5 Å². The van der Waals surface area contributed by atoms with E-state index in [-0.39, 0.29) is 57.8 Å². The molecule has 1 fully saturated rings. The van der Waals surface area contributed by atoms with Gasteiger partial charge in [-0.3, -0.25) is 14.4 Å². The Kier molecular flexibility index (Phi) is 6.47. The van der Waals surface area contributed by atoms with Crippen LogP contribution in [0.25, 0.3) is 0 Å². The average Bonchev–Trinajstić information content (AvgIpc) is 3.46. The summed E-state index contributed by atoms with van der Waals surface area (Å²) >= 11 is 0. The first-order chi connectivity index (χ1) is 19.9. The van der Waals surface area contributed by atoms with Crippen molar-refractivity contribution in [2.24, 2.45) is 0 Å². The first-order valence-electron chi connectivity index (χ1n) is 12.9. The van der Waals surface area contributed by atoms with Crippen molar-refractivity contribution in [3.8, 4) is 0 Å². The van der Waals surface area contributed by atoms with Gasteiger partial charge in [0.2, 0.25) is 0 Å². The summed E-state index contributed by atoms with van der Waals surface area (Å²) in [6, 6.07) is 5.00. The summed E-state index contributed by atoms with van der Waals surface area (Å²) in [5.41, 5.74) is -2.20. The molecule has 0 radical (unpaired) electrons. The highest BCUT2D eigenvalue weighted by molar-refractivity contribution is 6.10. The molecule has 0 aromatic heterocycles. The molecule has 2 aliphatic heterocycles. The third-order valence-electron chi connectivity index (χ3n) is 7.58. The van der Waals surface area contributed by atoms with Crippen molar-refractivity contribution in [3.63, 3.8) is 0 Å². The Balaban J connectivity index is 1.46. The van der Waals surface area contributed by atoms with E-state index in [4.69, 9.17) is 4.74 Å². The number of alkyl halides is 3. The van der Waals surface area contributed by atoms with Gasteiger partial charge in [0.15, 0.2) is 0 Å². The number of ether oxygens (including phenoxy) is 1. The molecule has 0 bridgehead atoms. The number of carbonyl (C=O) groups excluding carboxylic acids is 4. The highest BCUT2D eigenvalue weighted by Crippen LogP contribution is 2.41. The number of halogens is 5. The minimum absolute atomic E-state index is 0.0225. The first-order valence-corrected chi connectivity index (χ1v) is 12.9. The van der Waals surface area contributed by atoms with E-state index in [0.717, 1.165) is 25.3 Å². The van der Waals surface area contributed by atoms with Gasteiger partial charge in [0.1, 0.15) is 18.2 Å². The third kappa shape index (κ3) is 4.74. The molecular weight excluding hydrogens is 565 g/mol. The summed E-state index contributed by atoms with van der Waals surface area (Å²) in [6.07, 6.45) is -2.49. The van der Waals surface area contributed by atoms with Gasteiger partial charge in [-0.15, -0.1) is 0 Å². The predicted octanol–water partition coefficient (Wildman–Crippen LogP) is 5.02. The number of benzene rings is 3. The number of nitrogens with one attached hydrogen (secondary N) is 3. The van der Waals surface area contributed by atoms with E-state index in [1.54, 1.807) is 0 Å². The minimum Gasteiger partial charge on any atom is -0.457 e. The van der Waals surface area contributed by atoms with E-state index in [9.17, 15) is 41.1 Å². The molecule has 42 heavy (non-hydrogen) atoms. The van der Waals surface area contributed by atoms with E-state index in [0.29, 0.717) is 12.1 Å². The smallest absolute Gasteiger partial charge is 0.416 e. The van der Waals surface area contributed by atoms with Crippen molar-refractivity contribution in [3.05, 3.63) is 98.6 Å². The number of anilines is 1. The lowest BCUT2D eigenvalue weighted by atomic mass is 9.90. The summed E-state index contributed by atoms with van der Waals surface area (Å²) in [4.78, 5) is 51.9. The number of rotatable bonds is 5. The molecule has 3 aromatic rings. The van der Waals surface area contributed by atoms with Crippen LogP contribution in [0.1, 0.15) is 89.0 Å². The number of amides is 3. The number of hydrogen-bond acceptors (Lipinski definition) is 5. The average molecular weight is 585 g/mol. The second-order valence-electron chi connectivity index (χ2n) is 10.2. The Hall–Kier alpha value is -4.81. The van der Waals surface area contributed by atoms with Gasteiger partial charge in [-0.2, -0.15) is 13.2 Å². The molecule has 6 rings (SSSR count). The van der Waals surface area contributed by atoms with Crippen molar-refractivity contribution in [1.29, 1.82) is 0 Å². The van der Waals surface area contributed by atoms with Gasteiger partial charge in [-0.05, 0) is 61.2 Å². The normalized spacial score (nSPS) is 17.6. The van der Waals surface area contributed by atoms with Crippen molar-refractivity contribution < 1.29 is 45.9 Å². The Morgan fingerprint density at radius 1 is 0.952 bits per heavy atom. The molecule has 1 aliphatic carbocycles. The summed E-state index contributed by atoms with van der Waals surface area (Å²) < 4.78 is 73.4. The lowest BCUT2D eigenvalue weighted by Gasteiger charge is -2.26. The molecule has 3 amide bonds. The Morgan fingerprint density at radius 2 is 1.69 bits per heavy atom. The van der Waals surface area contributed by atoms with Crippen LogP contribution in [0, 0.1) is 11.6 Å². The lowest BCUT2D eigenvalue weighted by Crippen LogP contribution is -2.39. The van der Waals surface area contributed by atoms with Crippen molar-refractivity contribution in [2.45, 2.75) is 44.1 Å². The number of hydrogen-bond donors (Lipinski definition) is 3. The van der Waals surface area contributed by atoms with Crippen LogP contribution in [0.3, 0.4) is 0 Å². The predicted molar refractivity (Wildman–Crippen MR) is 136 cm³/mol. The van der Waals surface area contributed by atoms with Crippen LogP contribution in [-0.4, -0.2) is 29.7 Å². The largest absolute Gasteiger partial charge is 0.457 e. The fourth-order valence-electron chi connectivity index (χ4n) is 5.27. The van der Waals surface area contributed by atoms with Crippen LogP contribution in [0.5, 0.6) is 0 Å². The first kappa shape index (κ1) is 27.4. The SMILES string of the molecule is O=C(Nc1cc(C(=O)NC2CCC2)cc2c1C(c1ccc(F)c3c1C(=O)OC3)NC2=O)c1cc(F)cc(C(F)(F)F)c1. The van der Waals surface area contributed by atoms with E-state index in [2.05, 4.69) is 16.0 Å². The van der Waals surface area contributed by atoms with E-state index in [1.165, 1.54) is 18.2 Å². The summed E-state index contributed by atoms with van der Waals surface area (Å²) in [5.74, 6) is -5.22. The number of cyclic esters (lactones) is 1. The molecule has 8 nitrogen and oxygen atoms in total. The lowest BCUT2D eigenvalue weighted by molar-refractivity contribution is -0.137. The van der Waals surface area contributed by atoms with E-state index in [1.807, 2.05) is 0 Å². The summed E-state index contributed by atoms with van der Waals surface area (Å²) in [6.45, 7) is -0.327. The molecule has 2 heterocycles. The zero-order chi connectivity index (χ0) is 29.9. The highest BCUT2D eigenvalue weighted by Gasteiger charge is 2.39. The molecule has 1 unspecified atom stereocenters. The third-order valence-corrected chi connectivity index (χ3v) is 7.58. The molecule has 3 N–H and O–H groups in total. The van der Waals surface area contributed by atoms with E-state index >= 15 is 0 Å². The molecular formula is C29H20F5N3O5. The van der Waals surface area contributed by atoms with Gasteiger partial charge in [-0.1, -0.05) is 6.07 Å². The number of esters is 1. The van der Waals surface area contributed by atoms with Crippen LogP contribution in [0.4, 0.5) is 27.6 Å². The van der Waals surface area contributed by atoms with Gasteiger partial charge in [0.25, 0.3) is 17.7 Å². The minimum atomic E-state index is -4.93. The number of carbonyl (C=O) groups is 4. The maximum atomic E-state index is 14.4. The number of fused-ring (bicyclic) bond motifs is 2. The quantitative estimate of drug-likeness (QED) is 0.288. The maximum Gasteiger partial charge on any atom is 0.416 e. The second kappa shape index (κ2) is 9.93. The van der Waals surface area contributed by atoms with Gasteiger partial charge in [0, 0.05) is 39.5 Å². The monoisotopic (exact) mass is 585 g/mol. The zero-order valence-electron chi connectivity index (χ0n) is 21.5. The standard InChI is InChI=1S/C29H20F5N3O5/c30-15-7-12(6-14(10-15)29(32,33)34)26(39)36-21-9-13(25(38)35-16-2-1-3-16)8-18-23(21)24(37-27(18)40)17-4-5-20(31)19-11-42-28(41)22(17)19/h4-10,16,24H,1-3,11H2,(H,35,38)(H,36,39)(H,37,40). The van der Waals surface area contributed by atoms with Crippen LogP contribution >= 0.6 is 0 Å². The van der Waals surface area contributed by atoms with Crippen LogP contribution < -0.4 is 16.0 Å². The highest BCUT2D eigenvalue weighted by atomic mass is 19.4. The van der Waals surface area contributed by atoms with Gasteiger partial charge < -0.3 is 20.7 Å². The Labute approximate surface area is 234 Å². The fourth-order valence-corrected chi connectivity index (χ4v) is 5.27. The molecule has 1 saturated carbocycles. The zero-order valence-corrected chi connectivity index (χ0v) is 21.5. The van der Waals surface area contributed by atoms with Crippen molar-refractivity contribution >= 4 is 29.4 Å². The van der Waals surface area contributed by atoms with Crippen molar-refractivity contribution in [1.82, 2.24) is 10.6 Å². The molecule has 1 atom stereocenters. The van der Waals surface area contributed by atoms with Crippen molar-refractivity contribution in [2.75, 3.05) is 5.32 Å². The molecule has 216 valence electrons. The Morgan fingerprint density at radius 3 is 2.38 bits per heavy atom. The summed E-state index contributed by atoms with van der Waals surface area (Å²) in [5, 5.41) is 7.89. The summed E-state index contributed by atoms with van der Waals surface area (Å²) in [7, 11) is 0. The molecule has 3 aromatic carbocycles. The van der Waals surface area contributed by atoms with Gasteiger partial charge in [0.05, 0.1) is 17.2 Å². The molecule has 0 spiro atoms. The Bertz CT molecular complexity index is 1700. The fraction of sp³-hybridized carbons (Fsp3) is 0.241. The van der Waals surface area contributed by atoms with Gasteiger partial charge >= 0.3 is 12.1 Å². The molecule has 13 heteroatoms. The van der Waals surface area contributed by atoms with Crippen LogP contribution in [0.2, 0.25) is 0 Å². The molecule has 3 aliphatic rings. The topological polar surface area (TPSA) is 114 Å².